The highest BCUT2D eigenvalue weighted by Crippen LogP contribution is 2.18. The number of hydrogen-bond acceptors (Lipinski definition) is 4. The van der Waals surface area contributed by atoms with E-state index in [9.17, 15) is 9.59 Å². The minimum atomic E-state index is -1.54. The first-order chi connectivity index (χ1) is 5.80. The molecular weight excluding hydrogens is 214 g/mol. The van der Waals surface area contributed by atoms with Crippen LogP contribution in [0.25, 0.3) is 0 Å². The summed E-state index contributed by atoms with van der Waals surface area (Å²) < 4.78 is 0. The lowest BCUT2D eigenvalue weighted by Crippen LogP contribution is -2.49. The molecule has 0 radical (unpaired) electrons. The summed E-state index contributed by atoms with van der Waals surface area (Å²) in [6.45, 7) is 1.26. The van der Waals surface area contributed by atoms with Crippen molar-refractivity contribution < 1.29 is 25.0 Å². The molecule has 0 aromatic heterocycles. The summed E-state index contributed by atoms with van der Waals surface area (Å²) in [6.07, 6.45) is -0.446. The zero-order chi connectivity index (χ0) is 10.6. The van der Waals surface area contributed by atoms with Crippen LogP contribution in [0.1, 0.15) is 19.8 Å². The Hall–Kier alpha value is -0.850. The highest BCUT2D eigenvalue weighted by Gasteiger charge is 2.37. The van der Waals surface area contributed by atoms with Gasteiger partial charge < -0.3 is 15.4 Å². The normalized spacial score (nSPS) is 14.3. The van der Waals surface area contributed by atoms with Crippen LogP contribution in [0, 0.1) is 0 Å². The van der Waals surface area contributed by atoms with Crippen LogP contribution in [0.5, 0.6) is 0 Å². The summed E-state index contributed by atoms with van der Waals surface area (Å²) >= 11 is 0. The molecule has 0 spiro atoms. The maximum atomic E-state index is 10.7. The van der Waals surface area contributed by atoms with Gasteiger partial charge in [-0.25, -0.2) is 0 Å². The lowest BCUT2D eigenvalue weighted by Gasteiger charge is -2.29. The molecule has 0 aliphatic rings. The third kappa shape index (κ3) is 3.91. The molecular formula is C7H14ClNO5. The van der Waals surface area contributed by atoms with Crippen LogP contribution in [0.2, 0.25) is 0 Å². The number of rotatable bonds is 5. The van der Waals surface area contributed by atoms with Crippen LogP contribution in [-0.2, 0) is 9.59 Å². The molecule has 0 aliphatic carbocycles. The van der Waals surface area contributed by atoms with Crippen molar-refractivity contribution in [2.75, 3.05) is 7.05 Å². The van der Waals surface area contributed by atoms with Gasteiger partial charge in [0.2, 0.25) is 0 Å². The number of carboxylic acid groups (broad SMARTS) is 2. The monoisotopic (exact) mass is 227 g/mol. The van der Waals surface area contributed by atoms with E-state index in [0.717, 1.165) is 0 Å². The summed E-state index contributed by atoms with van der Waals surface area (Å²) in [6, 6.07) is 0. The van der Waals surface area contributed by atoms with Crippen LogP contribution in [-0.4, -0.2) is 45.0 Å². The van der Waals surface area contributed by atoms with E-state index < -0.39 is 17.5 Å². The van der Waals surface area contributed by atoms with Gasteiger partial charge >= 0.3 is 11.9 Å². The van der Waals surface area contributed by atoms with E-state index >= 15 is 0 Å². The molecule has 3 N–H and O–H groups in total. The van der Waals surface area contributed by atoms with Gasteiger partial charge in [-0.2, -0.15) is 5.06 Å². The Morgan fingerprint density at radius 1 is 1.36 bits per heavy atom. The molecule has 0 bridgehead atoms. The van der Waals surface area contributed by atoms with E-state index in [0.29, 0.717) is 5.06 Å². The van der Waals surface area contributed by atoms with Crippen molar-refractivity contribution in [3.8, 4) is 0 Å². The summed E-state index contributed by atoms with van der Waals surface area (Å²) in [7, 11) is 1.18. The van der Waals surface area contributed by atoms with Crippen molar-refractivity contribution in [2.45, 2.75) is 25.3 Å². The Labute approximate surface area is 87.5 Å². The SMILES string of the molecule is CN(O)[C@@](C)(CCC(=O)O)C(=O)O.Cl. The van der Waals surface area contributed by atoms with Crippen molar-refractivity contribution in [3.05, 3.63) is 0 Å². The number of hydroxylamine groups is 2. The summed E-state index contributed by atoms with van der Waals surface area (Å²) in [5.41, 5.74) is -1.54. The van der Waals surface area contributed by atoms with Crippen LogP contribution in [0.4, 0.5) is 0 Å². The third-order valence-electron chi connectivity index (χ3n) is 2.00. The minimum absolute atomic E-state index is 0. The van der Waals surface area contributed by atoms with Gasteiger partial charge in [-0.1, -0.05) is 0 Å². The lowest BCUT2D eigenvalue weighted by atomic mass is 9.96. The van der Waals surface area contributed by atoms with Gasteiger partial charge in [0.05, 0.1) is 0 Å². The van der Waals surface area contributed by atoms with Gasteiger partial charge in [-0.3, -0.25) is 9.59 Å². The van der Waals surface area contributed by atoms with E-state index in [4.69, 9.17) is 15.4 Å². The summed E-state index contributed by atoms with van der Waals surface area (Å²) in [5, 5.41) is 26.6. The molecule has 1 atom stereocenters. The number of aliphatic carboxylic acids is 2. The van der Waals surface area contributed by atoms with Crippen molar-refractivity contribution in [3.63, 3.8) is 0 Å². The number of halogens is 1. The van der Waals surface area contributed by atoms with Crippen LogP contribution >= 0.6 is 12.4 Å². The Morgan fingerprint density at radius 2 is 1.79 bits per heavy atom. The van der Waals surface area contributed by atoms with Crippen molar-refractivity contribution in [1.29, 1.82) is 0 Å². The van der Waals surface area contributed by atoms with Gasteiger partial charge in [0, 0.05) is 13.5 Å². The fraction of sp³-hybridized carbons (Fsp3) is 0.714. The highest BCUT2D eigenvalue weighted by molar-refractivity contribution is 5.85. The average Bonchev–Trinajstić information content (AvgIpc) is 1.99. The molecule has 6 nitrogen and oxygen atoms in total. The van der Waals surface area contributed by atoms with Gasteiger partial charge in [-0.05, 0) is 13.3 Å². The van der Waals surface area contributed by atoms with Crippen molar-refractivity contribution in [2.24, 2.45) is 0 Å². The molecule has 0 fully saturated rings. The number of hydrogen-bond donors (Lipinski definition) is 3. The molecule has 0 amide bonds. The zero-order valence-electron chi connectivity index (χ0n) is 7.93. The predicted octanol–water partition coefficient (Wildman–Crippen LogP) is 0.437. The Morgan fingerprint density at radius 3 is 2.00 bits per heavy atom. The highest BCUT2D eigenvalue weighted by atomic mass is 35.5. The standard InChI is InChI=1S/C7H13NO5.ClH/c1-7(6(11)12,8(2)13)4-3-5(9)10;/h13H,3-4H2,1-2H3,(H,9,10)(H,11,12);1H/t7-;/m0./s1. The molecule has 7 heteroatoms. The smallest absolute Gasteiger partial charge is 0.326 e. The van der Waals surface area contributed by atoms with E-state index in [2.05, 4.69) is 0 Å². The quantitative estimate of drug-likeness (QED) is 0.590. The maximum absolute atomic E-state index is 10.7. The molecule has 0 aromatic rings. The maximum Gasteiger partial charge on any atom is 0.326 e. The Balaban J connectivity index is 0. The largest absolute Gasteiger partial charge is 0.481 e. The van der Waals surface area contributed by atoms with E-state index in [1.54, 1.807) is 0 Å². The molecule has 0 rings (SSSR count). The molecule has 0 aliphatic heterocycles. The minimum Gasteiger partial charge on any atom is -0.481 e. The molecule has 0 aromatic carbocycles. The molecule has 0 saturated heterocycles. The second-order valence-corrected chi connectivity index (χ2v) is 3.00. The molecule has 0 heterocycles. The second kappa shape index (κ2) is 5.79. The Bertz CT molecular complexity index is 220. The van der Waals surface area contributed by atoms with Gasteiger partial charge in [0.25, 0.3) is 0 Å². The third-order valence-corrected chi connectivity index (χ3v) is 2.00. The zero-order valence-corrected chi connectivity index (χ0v) is 8.74. The number of likely N-dealkylation sites (N-methyl/N-ethyl adjacent to an activating group) is 1. The number of carbonyl (C=O) groups is 2. The lowest BCUT2D eigenvalue weighted by molar-refractivity contribution is -0.185. The molecule has 0 saturated carbocycles. The molecule has 14 heavy (non-hydrogen) atoms. The molecule has 0 unspecified atom stereocenters. The average molecular weight is 228 g/mol. The summed E-state index contributed by atoms with van der Waals surface area (Å²) in [5.74, 6) is -2.34. The second-order valence-electron chi connectivity index (χ2n) is 3.00. The van der Waals surface area contributed by atoms with Crippen molar-refractivity contribution >= 4 is 24.3 Å². The fourth-order valence-electron chi connectivity index (χ4n) is 0.757. The number of nitrogens with zero attached hydrogens (tertiary/aromatic N) is 1. The fourth-order valence-corrected chi connectivity index (χ4v) is 0.757. The van der Waals surface area contributed by atoms with Gasteiger partial charge in [0.15, 0.2) is 0 Å². The number of carboxylic acids is 2. The first kappa shape index (κ1) is 15.6. The topological polar surface area (TPSA) is 98.1 Å². The van der Waals surface area contributed by atoms with E-state index in [1.165, 1.54) is 14.0 Å². The van der Waals surface area contributed by atoms with Crippen LogP contribution < -0.4 is 0 Å². The van der Waals surface area contributed by atoms with Crippen LogP contribution in [0.3, 0.4) is 0 Å². The van der Waals surface area contributed by atoms with E-state index in [-0.39, 0.29) is 25.2 Å². The first-order valence-corrected chi connectivity index (χ1v) is 3.68. The first-order valence-electron chi connectivity index (χ1n) is 3.68. The van der Waals surface area contributed by atoms with Crippen molar-refractivity contribution in [1.82, 2.24) is 5.06 Å². The van der Waals surface area contributed by atoms with Gasteiger partial charge in [-0.15, -0.1) is 12.4 Å². The van der Waals surface area contributed by atoms with E-state index in [1.807, 2.05) is 0 Å². The van der Waals surface area contributed by atoms with Gasteiger partial charge in [0.1, 0.15) is 5.54 Å². The predicted molar refractivity (Wildman–Crippen MR) is 49.7 cm³/mol. The van der Waals surface area contributed by atoms with Crippen LogP contribution in [0.15, 0.2) is 0 Å². The molecule has 84 valence electrons. The summed E-state index contributed by atoms with van der Waals surface area (Å²) in [4.78, 5) is 20.9. The Kier molecular flexibility index (Phi) is 6.46.